The van der Waals surface area contributed by atoms with Crippen molar-refractivity contribution in [2.75, 3.05) is 19.6 Å². The van der Waals surface area contributed by atoms with E-state index in [1.807, 2.05) is 0 Å². The fourth-order valence-electron chi connectivity index (χ4n) is 4.33. The molecule has 2 heterocycles. The first kappa shape index (κ1) is 23.9. The molecule has 1 aromatic heterocycles. The molecular formula is C23H26F3N5O3. The number of carbonyl (C=O) groups is 2. The van der Waals surface area contributed by atoms with Crippen LogP contribution in [0.5, 0.6) is 5.88 Å². The lowest BCUT2D eigenvalue weighted by atomic mass is 9.89. The van der Waals surface area contributed by atoms with Crippen LogP contribution in [0.1, 0.15) is 41.6 Å². The summed E-state index contributed by atoms with van der Waals surface area (Å²) in [6, 6.07) is 8.12. The van der Waals surface area contributed by atoms with Crippen LogP contribution in [0.15, 0.2) is 42.6 Å². The van der Waals surface area contributed by atoms with Gasteiger partial charge < -0.3 is 15.4 Å². The number of carbonyl (C=O) groups excluding carboxylic acids is 2. The van der Waals surface area contributed by atoms with Gasteiger partial charge in [-0.3, -0.25) is 14.5 Å². The zero-order valence-electron chi connectivity index (χ0n) is 18.4. The number of benzene rings is 1. The Morgan fingerprint density at radius 1 is 1.09 bits per heavy atom. The maximum atomic E-state index is 12.8. The van der Waals surface area contributed by atoms with Crippen LogP contribution in [0.4, 0.5) is 13.2 Å². The van der Waals surface area contributed by atoms with E-state index in [0.717, 1.165) is 57.0 Å². The molecule has 8 nitrogen and oxygen atoms in total. The van der Waals surface area contributed by atoms with Crippen LogP contribution < -0.4 is 15.4 Å². The summed E-state index contributed by atoms with van der Waals surface area (Å²) >= 11 is 0. The van der Waals surface area contributed by atoms with Gasteiger partial charge in [-0.25, -0.2) is 0 Å². The van der Waals surface area contributed by atoms with E-state index in [4.69, 9.17) is 4.74 Å². The van der Waals surface area contributed by atoms with Gasteiger partial charge in [-0.2, -0.15) is 18.3 Å². The number of hydrogen-bond acceptors (Lipinski definition) is 6. The second-order valence-electron chi connectivity index (χ2n) is 8.59. The third kappa shape index (κ3) is 6.22. The number of nitrogens with one attached hydrogen (secondary N) is 2. The van der Waals surface area contributed by atoms with Gasteiger partial charge in [0.05, 0.1) is 18.2 Å². The Hall–Kier alpha value is -3.21. The number of amides is 2. The van der Waals surface area contributed by atoms with Gasteiger partial charge in [0, 0.05) is 37.0 Å². The van der Waals surface area contributed by atoms with Gasteiger partial charge in [-0.1, -0.05) is 6.07 Å². The van der Waals surface area contributed by atoms with Crippen LogP contribution >= 0.6 is 0 Å². The summed E-state index contributed by atoms with van der Waals surface area (Å²) in [4.78, 5) is 26.6. The summed E-state index contributed by atoms with van der Waals surface area (Å²) in [5, 5.41) is 13.0. The Labute approximate surface area is 194 Å². The topological polar surface area (TPSA) is 96.5 Å². The molecule has 2 aliphatic rings. The molecule has 34 heavy (non-hydrogen) atoms. The lowest BCUT2D eigenvalue weighted by Gasteiger charge is -2.46. The van der Waals surface area contributed by atoms with Gasteiger partial charge in [0.15, 0.2) is 0 Å². The van der Waals surface area contributed by atoms with Crippen LogP contribution in [0, 0.1) is 0 Å². The van der Waals surface area contributed by atoms with Crippen LogP contribution in [0.25, 0.3) is 0 Å². The van der Waals surface area contributed by atoms with E-state index < -0.39 is 17.6 Å². The van der Waals surface area contributed by atoms with Crippen molar-refractivity contribution in [2.45, 2.75) is 50.0 Å². The van der Waals surface area contributed by atoms with Crippen molar-refractivity contribution in [3.63, 3.8) is 0 Å². The summed E-state index contributed by atoms with van der Waals surface area (Å²) in [6.45, 7) is 1.16. The summed E-state index contributed by atoms with van der Waals surface area (Å²) < 4.78 is 44.3. The lowest BCUT2D eigenvalue weighted by Crippen LogP contribution is -2.63. The number of hydrogen-bond donors (Lipinski definition) is 2. The first-order chi connectivity index (χ1) is 16.3. The van der Waals surface area contributed by atoms with Gasteiger partial charge in [-0.15, -0.1) is 5.10 Å². The molecule has 0 spiro atoms. The van der Waals surface area contributed by atoms with Crippen LogP contribution in [0.2, 0.25) is 0 Å². The fraction of sp³-hybridized carbons (Fsp3) is 0.478. The van der Waals surface area contributed by atoms with E-state index in [1.54, 1.807) is 18.3 Å². The second-order valence-corrected chi connectivity index (χ2v) is 8.59. The van der Waals surface area contributed by atoms with E-state index in [0.29, 0.717) is 11.9 Å². The van der Waals surface area contributed by atoms with E-state index in [2.05, 4.69) is 25.7 Å². The number of nitrogens with zero attached hydrogens (tertiary/aromatic N) is 3. The minimum Gasteiger partial charge on any atom is -0.473 e. The predicted molar refractivity (Wildman–Crippen MR) is 116 cm³/mol. The van der Waals surface area contributed by atoms with Gasteiger partial charge in [0.2, 0.25) is 11.8 Å². The van der Waals surface area contributed by atoms with Gasteiger partial charge in [0.1, 0.15) is 6.10 Å². The van der Waals surface area contributed by atoms with Crippen molar-refractivity contribution in [2.24, 2.45) is 0 Å². The summed E-state index contributed by atoms with van der Waals surface area (Å²) in [7, 11) is 0. The zero-order chi connectivity index (χ0) is 24.1. The minimum absolute atomic E-state index is 0.00785. The van der Waals surface area contributed by atoms with E-state index in [1.165, 1.54) is 6.07 Å². The SMILES string of the molecule is O=C(CNC(=O)c1cccc(C(F)(F)F)c1)NC1CN(C2CCC(Oc3cccnn3)CC2)C1. The smallest absolute Gasteiger partial charge is 0.416 e. The number of ether oxygens (including phenoxy) is 1. The maximum Gasteiger partial charge on any atom is 0.416 e. The van der Waals surface area contributed by atoms with Crippen molar-refractivity contribution < 1.29 is 27.5 Å². The first-order valence-corrected chi connectivity index (χ1v) is 11.2. The van der Waals surface area contributed by atoms with Crippen LogP contribution in [0.3, 0.4) is 0 Å². The largest absolute Gasteiger partial charge is 0.473 e. The molecule has 1 aliphatic carbocycles. The van der Waals surface area contributed by atoms with E-state index in [-0.39, 0.29) is 30.2 Å². The molecule has 0 bridgehead atoms. The molecule has 11 heteroatoms. The zero-order valence-corrected chi connectivity index (χ0v) is 18.4. The van der Waals surface area contributed by atoms with E-state index >= 15 is 0 Å². The standard InChI is InChI=1S/C23H26F3N5O3/c24-23(25,26)16-4-1-3-15(11-16)22(33)27-12-20(32)29-17-13-31(14-17)18-6-8-19(9-7-18)34-21-5-2-10-28-30-21/h1-5,10-11,17-19H,6-9,12-14H2,(H,27,33)(H,29,32). The third-order valence-corrected chi connectivity index (χ3v) is 6.13. The fourth-order valence-corrected chi connectivity index (χ4v) is 4.33. The number of rotatable bonds is 7. The molecule has 1 saturated carbocycles. The first-order valence-electron chi connectivity index (χ1n) is 11.2. The molecule has 1 aromatic carbocycles. The average molecular weight is 477 g/mol. The third-order valence-electron chi connectivity index (χ3n) is 6.13. The summed E-state index contributed by atoms with van der Waals surface area (Å²) in [5.41, 5.74) is -1.05. The Morgan fingerprint density at radius 2 is 1.85 bits per heavy atom. The maximum absolute atomic E-state index is 12.8. The number of likely N-dealkylation sites (tertiary alicyclic amines) is 1. The van der Waals surface area contributed by atoms with Gasteiger partial charge >= 0.3 is 6.18 Å². The molecule has 0 radical (unpaired) electrons. The second kappa shape index (κ2) is 10.4. The Bertz CT molecular complexity index is 991. The van der Waals surface area contributed by atoms with Crippen molar-refractivity contribution >= 4 is 11.8 Å². The highest BCUT2D eigenvalue weighted by atomic mass is 19.4. The van der Waals surface area contributed by atoms with Crippen molar-refractivity contribution in [3.05, 3.63) is 53.7 Å². The minimum atomic E-state index is -4.54. The van der Waals surface area contributed by atoms with Crippen molar-refractivity contribution in [3.8, 4) is 5.88 Å². The molecule has 1 saturated heterocycles. The predicted octanol–water partition coefficient (Wildman–Crippen LogP) is 2.42. The molecule has 0 unspecified atom stereocenters. The molecule has 4 rings (SSSR count). The number of halogens is 3. The van der Waals surface area contributed by atoms with Crippen molar-refractivity contribution in [1.29, 1.82) is 0 Å². The van der Waals surface area contributed by atoms with Crippen LogP contribution in [-0.2, 0) is 11.0 Å². The Morgan fingerprint density at radius 3 is 2.53 bits per heavy atom. The average Bonchev–Trinajstić information content (AvgIpc) is 2.80. The molecule has 2 aromatic rings. The lowest BCUT2D eigenvalue weighted by molar-refractivity contribution is -0.137. The molecule has 2 amide bonds. The normalized spacial score (nSPS) is 21.4. The molecule has 2 fully saturated rings. The Kier molecular flexibility index (Phi) is 7.30. The van der Waals surface area contributed by atoms with E-state index in [9.17, 15) is 22.8 Å². The van der Waals surface area contributed by atoms with Crippen molar-refractivity contribution in [1.82, 2.24) is 25.7 Å². The number of aromatic nitrogens is 2. The van der Waals surface area contributed by atoms with Crippen LogP contribution in [-0.4, -0.2) is 64.7 Å². The molecule has 1 aliphatic heterocycles. The molecule has 182 valence electrons. The monoisotopic (exact) mass is 477 g/mol. The molecule has 2 N–H and O–H groups in total. The molecular weight excluding hydrogens is 451 g/mol. The highest BCUT2D eigenvalue weighted by Gasteiger charge is 2.36. The highest BCUT2D eigenvalue weighted by molar-refractivity contribution is 5.96. The quantitative estimate of drug-likeness (QED) is 0.636. The Balaban J connectivity index is 1.13. The van der Waals surface area contributed by atoms with Gasteiger partial charge in [-0.05, 0) is 49.9 Å². The highest BCUT2D eigenvalue weighted by Crippen LogP contribution is 2.30. The van der Waals surface area contributed by atoms with Gasteiger partial charge in [0.25, 0.3) is 5.91 Å². The summed E-state index contributed by atoms with van der Waals surface area (Å²) in [5.74, 6) is -0.555. The molecule has 0 atom stereocenters. The summed E-state index contributed by atoms with van der Waals surface area (Å²) in [6.07, 6.45) is 1.05. The number of alkyl halides is 3.